The lowest BCUT2D eigenvalue weighted by molar-refractivity contribution is 0.191. The fraction of sp³-hybridized carbons (Fsp3) is 0.480. The summed E-state index contributed by atoms with van der Waals surface area (Å²) in [6.07, 6.45) is 5.74. The number of hydrogen-bond donors (Lipinski definition) is 0. The average Bonchev–Trinajstić information content (AvgIpc) is 3.33. The van der Waals surface area contributed by atoms with Crippen LogP contribution in [-0.4, -0.2) is 44.8 Å². The molecule has 4 rings (SSSR count). The second-order valence-corrected chi connectivity index (χ2v) is 8.46. The Morgan fingerprint density at radius 2 is 1.69 bits per heavy atom. The van der Waals surface area contributed by atoms with Crippen LogP contribution in [0.15, 0.2) is 36.4 Å². The summed E-state index contributed by atoms with van der Waals surface area (Å²) in [5.41, 5.74) is 1.42. The molecule has 1 heterocycles. The van der Waals surface area contributed by atoms with E-state index in [-0.39, 0.29) is 18.4 Å². The first kappa shape index (κ1) is 22.2. The van der Waals surface area contributed by atoms with E-state index in [0.717, 1.165) is 12.1 Å². The fourth-order valence-electron chi connectivity index (χ4n) is 4.57. The minimum absolute atomic E-state index is 0.116. The number of benzene rings is 2. The summed E-state index contributed by atoms with van der Waals surface area (Å²) in [6, 6.07) is 9.87. The number of carbonyl (C=O) groups is 1. The molecule has 6 nitrogen and oxygen atoms in total. The van der Waals surface area contributed by atoms with Crippen LogP contribution >= 0.6 is 0 Å². The van der Waals surface area contributed by atoms with Crippen LogP contribution in [0.4, 0.5) is 14.9 Å². The van der Waals surface area contributed by atoms with Gasteiger partial charge in [0.1, 0.15) is 11.6 Å². The quantitative estimate of drug-likeness (QED) is 0.561. The van der Waals surface area contributed by atoms with Crippen molar-refractivity contribution < 1.29 is 23.4 Å². The van der Waals surface area contributed by atoms with E-state index < -0.39 is 0 Å². The van der Waals surface area contributed by atoms with E-state index in [9.17, 15) is 9.18 Å². The lowest BCUT2D eigenvalue weighted by atomic mass is 10.1. The number of ether oxygens (including phenoxy) is 3. The second-order valence-electron chi connectivity index (χ2n) is 8.46. The zero-order valence-corrected chi connectivity index (χ0v) is 18.8. The minimum Gasteiger partial charge on any atom is -0.496 e. The molecule has 1 saturated carbocycles. The normalized spacial score (nSPS) is 17.0. The summed E-state index contributed by atoms with van der Waals surface area (Å²) in [5, 5.41) is 0. The number of rotatable bonds is 8. The Labute approximate surface area is 188 Å². The Morgan fingerprint density at radius 1 is 0.938 bits per heavy atom. The summed E-state index contributed by atoms with van der Waals surface area (Å²) in [4.78, 5) is 16.8. The Bertz CT molecular complexity index is 946. The molecule has 1 saturated heterocycles. The van der Waals surface area contributed by atoms with Crippen LogP contribution in [0.5, 0.6) is 17.2 Å². The molecule has 0 radical (unpaired) electrons. The van der Waals surface area contributed by atoms with Gasteiger partial charge < -0.3 is 19.1 Å². The van der Waals surface area contributed by atoms with Gasteiger partial charge in [0.15, 0.2) is 11.5 Å². The monoisotopic (exact) mass is 442 g/mol. The molecule has 1 aliphatic carbocycles. The van der Waals surface area contributed by atoms with Crippen LogP contribution in [0.25, 0.3) is 0 Å². The van der Waals surface area contributed by atoms with E-state index in [2.05, 4.69) is 0 Å². The molecule has 7 heteroatoms. The molecule has 0 N–H and O–H groups in total. The highest BCUT2D eigenvalue weighted by Crippen LogP contribution is 2.35. The van der Waals surface area contributed by atoms with Gasteiger partial charge in [-0.15, -0.1) is 0 Å². The number of nitrogens with zero attached hydrogens (tertiary/aromatic N) is 2. The maximum Gasteiger partial charge on any atom is 0.324 e. The van der Waals surface area contributed by atoms with E-state index >= 15 is 0 Å². The van der Waals surface area contributed by atoms with Gasteiger partial charge in [-0.25, -0.2) is 9.18 Å². The molecule has 0 unspecified atom stereocenters. The van der Waals surface area contributed by atoms with Gasteiger partial charge in [-0.3, -0.25) is 4.90 Å². The van der Waals surface area contributed by atoms with Gasteiger partial charge in [-0.05, 0) is 55.5 Å². The number of urea groups is 1. The summed E-state index contributed by atoms with van der Waals surface area (Å²) in [7, 11) is 3.17. The fourth-order valence-corrected chi connectivity index (χ4v) is 4.57. The van der Waals surface area contributed by atoms with Crippen LogP contribution in [0.3, 0.4) is 0 Å². The summed E-state index contributed by atoms with van der Waals surface area (Å²) < 4.78 is 30.7. The van der Waals surface area contributed by atoms with Gasteiger partial charge in [0.05, 0.1) is 27.4 Å². The third-order valence-corrected chi connectivity index (χ3v) is 6.32. The van der Waals surface area contributed by atoms with Crippen molar-refractivity contribution >= 4 is 11.7 Å². The third kappa shape index (κ3) is 4.92. The van der Waals surface area contributed by atoms with E-state index in [1.165, 1.54) is 37.8 Å². The highest BCUT2D eigenvalue weighted by Gasteiger charge is 2.28. The third-order valence-electron chi connectivity index (χ3n) is 6.32. The highest BCUT2D eigenvalue weighted by molar-refractivity contribution is 5.93. The van der Waals surface area contributed by atoms with Crippen LogP contribution < -0.4 is 19.1 Å². The molecule has 0 bridgehead atoms. The van der Waals surface area contributed by atoms with Crippen molar-refractivity contribution in [3.63, 3.8) is 0 Å². The maximum absolute atomic E-state index is 13.8. The molecule has 0 atom stereocenters. The van der Waals surface area contributed by atoms with E-state index in [1.54, 1.807) is 30.1 Å². The number of carbonyl (C=O) groups excluding carboxylic acids is 1. The molecular formula is C25H31FN2O4. The molecule has 2 aliphatic rings. The molecule has 2 aromatic rings. The highest BCUT2D eigenvalue weighted by atomic mass is 19.1. The van der Waals surface area contributed by atoms with E-state index in [4.69, 9.17) is 14.2 Å². The largest absolute Gasteiger partial charge is 0.496 e. The topological polar surface area (TPSA) is 51.2 Å². The molecule has 2 fully saturated rings. The maximum atomic E-state index is 13.8. The molecule has 0 spiro atoms. The molecule has 172 valence electrons. The standard InChI is InChI=1S/C25H31FN2O4/c1-30-22-10-8-20(26)14-19(22)16-27-12-5-13-28(25(27)29)21-9-11-23(31-2)24(15-21)32-17-18-6-3-4-7-18/h8-11,14-15,18H,3-7,12-13,16-17H2,1-2H3. The lowest BCUT2D eigenvalue weighted by Crippen LogP contribution is -2.49. The second kappa shape index (κ2) is 10.1. The molecule has 0 aromatic heterocycles. The number of hydrogen-bond acceptors (Lipinski definition) is 4. The first-order valence-electron chi connectivity index (χ1n) is 11.3. The van der Waals surface area contributed by atoms with Crippen molar-refractivity contribution in [2.24, 2.45) is 5.92 Å². The molecule has 1 aliphatic heterocycles. The summed E-state index contributed by atoms with van der Waals surface area (Å²) in [5.74, 6) is 2.13. The Hall–Kier alpha value is -2.96. The van der Waals surface area contributed by atoms with Gasteiger partial charge in [0.25, 0.3) is 0 Å². The van der Waals surface area contributed by atoms with Gasteiger partial charge in [0.2, 0.25) is 0 Å². The first-order chi connectivity index (χ1) is 15.6. The van der Waals surface area contributed by atoms with Crippen LogP contribution in [0.2, 0.25) is 0 Å². The van der Waals surface area contributed by atoms with Gasteiger partial charge in [-0.2, -0.15) is 0 Å². The van der Waals surface area contributed by atoms with Gasteiger partial charge in [-0.1, -0.05) is 12.8 Å². The molecule has 2 amide bonds. The van der Waals surface area contributed by atoms with Crippen molar-refractivity contribution in [3.8, 4) is 17.2 Å². The van der Waals surface area contributed by atoms with E-state index in [1.807, 2.05) is 18.2 Å². The molecule has 32 heavy (non-hydrogen) atoms. The smallest absolute Gasteiger partial charge is 0.324 e. The predicted molar refractivity (Wildman–Crippen MR) is 121 cm³/mol. The zero-order chi connectivity index (χ0) is 22.5. The SMILES string of the molecule is COc1ccc(F)cc1CN1CCCN(c2ccc(OC)c(OCC3CCCC3)c2)C1=O. The van der Waals surface area contributed by atoms with Gasteiger partial charge in [0, 0.05) is 30.4 Å². The van der Waals surface area contributed by atoms with Crippen LogP contribution in [0.1, 0.15) is 37.7 Å². The summed E-state index contributed by atoms with van der Waals surface area (Å²) >= 11 is 0. The predicted octanol–water partition coefficient (Wildman–Crippen LogP) is 5.24. The summed E-state index contributed by atoms with van der Waals surface area (Å²) in [6.45, 7) is 2.18. The number of amides is 2. The number of halogens is 1. The van der Waals surface area contributed by atoms with Crippen molar-refractivity contribution in [1.82, 2.24) is 4.90 Å². The minimum atomic E-state index is -0.346. The lowest BCUT2D eigenvalue weighted by Gasteiger charge is -2.36. The number of methoxy groups -OCH3 is 2. The first-order valence-corrected chi connectivity index (χ1v) is 11.3. The van der Waals surface area contributed by atoms with Gasteiger partial charge >= 0.3 is 6.03 Å². The zero-order valence-electron chi connectivity index (χ0n) is 18.8. The molecule has 2 aromatic carbocycles. The van der Waals surface area contributed by atoms with Crippen molar-refractivity contribution in [2.75, 3.05) is 38.8 Å². The van der Waals surface area contributed by atoms with Crippen LogP contribution in [-0.2, 0) is 6.54 Å². The van der Waals surface area contributed by atoms with Crippen molar-refractivity contribution in [1.29, 1.82) is 0 Å². The molecular weight excluding hydrogens is 411 g/mol. The average molecular weight is 443 g/mol. The van der Waals surface area contributed by atoms with Crippen molar-refractivity contribution in [3.05, 3.63) is 47.8 Å². The Kier molecular flexibility index (Phi) is 7.02. The number of anilines is 1. The van der Waals surface area contributed by atoms with E-state index in [0.29, 0.717) is 48.4 Å². The Balaban J connectivity index is 1.51. The van der Waals surface area contributed by atoms with Crippen molar-refractivity contribution in [2.45, 2.75) is 38.6 Å². The Morgan fingerprint density at radius 3 is 2.44 bits per heavy atom. The van der Waals surface area contributed by atoms with Crippen LogP contribution in [0, 0.1) is 11.7 Å².